The normalized spacial score (nSPS) is 18.0. The second-order valence-electron chi connectivity index (χ2n) is 7.08. The lowest BCUT2D eigenvalue weighted by Crippen LogP contribution is -2.41. The molecule has 2 aliphatic rings. The Labute approximate surface area is 156 Å². The van der Waals surface area contributed by atoms with E-state index in [-0.39, 0.29) is 30.1 Å². The van der Waals surface area contributed by atoms with Crippen LogP contribution in [0.2, 0.25) is 0 Å². The van der Waals surface area contributed by atoms with Crippen LogP contribution in [0.25, 0.3) is 0 Å². The van der Waals surface area contributed by atoms with Crippen molar-refractivity contribution in [2.45, 2.75) is 71.1 Å². The Kier molecular flexibility index (Phi) is 7.89. The summed E-state index contributed by atoms with van der Waals surface area (Å²) in [5, 5.41) is 6.63. The molecular weight excluding hydrogens is 407 g/mol. The van der Waals surface area contributed by atoms with Gasteiger partial charge in [0.25, 0.3) is 0 Å². The van der Waals surface area contributed by atoms with Gasteiger partial charge in [0.1, 0.15) is 5.60 Å². The molecule has 2 fully saturated rings. The molecule has 0 aromatic rings. The van der Waals surface area contributed by atoms with E-state index in [4.69, 9.17) is 4.74 Å². The number of guanidine groups is 1. The van der Waals surface area contributed by atoms with E-state index >= 15 is 0 Å². The molecule has 1 amide bonds. The van der Waals surface area contributed by atoms with Crippen molar-refractivity contribution < 1.29 is 9.53 Å². The smallest absolute Gasteiger partial charge is 0.410 e. The second-order valence-corrected chi connectivity index (χ2v) is 7.08. The summed E-state index contributed by atoms with van der Waals surface area (Å²) in [6, 6.07) is 0.909. The molecule has 0 aliphatic heterocycles. The van der Waals surface area contributed by atoms with Gasteiger partial charge in [0.2, 0.25) is 0 Å². The molecule has 2 rings (SSSR count). The number of hydrogen-bond donors (Lipinski definition) is 2. The molecule has 2 saturated carbocycles. The molecule has 0 aromatic carbocycles. The topological polar surface area (TPSA) is 66.0 Å². The number of carbonyl (C=O) groups is 1. The molecule has 0 heterocycles. The van der Waals surface area contributed by atoms with Gasteiger partial charge in [0, 0.05) is 25.2 Å². The number of amides is 1. The van der Waals surface area contributed by atoms with E-state index < -0.39 is 5.60 Å². The minimum Gasteiger partial charge on any atom is -0.444 e. The Hall–Kier alpha value is -0.730. The van der Waals surface area contributed by atoms with E-state index in [2.05, 4.69) is 22.5 Å². The van der Waals surface area contributed by atoms with Crippen LogP contribution in [0.1, 0.15) is 53.4 Å². The van der Waals surface area contributed by atoms with Crippen LogP contribution in [0.5, 0.6) is 0 Å². The van der Waals surface area contributed by atoms with Crippen molar-refractivity contribution in [2.75, 3.05) is 19.6 Å². The molecule has 23 heavy (non-hydrogen) atoms. The molecular formula is C16H31IN4O2. The SMILES string of the molecule is CCNC(=NCCN(C(=O)OC(C)(C)C)C1CC1)NC1CC1.I. The van der Waals surface area contributed by atoms with Crippen molar-refractivity contribution in [3.8, 4) is 0 Å². The van der Waals surface area contributed by atoms with Gasteiger partial charge in [-0.1, -0.05) is 0 Å². The monoisotopic (exact) mass is 438 g/mol. The maximum atomic E-state index is 12.3. The first-order valence-corrected chi connectivity index (χ1v) is 8.43. The summed E-state index contributed by atoms with van der Waals surface area (Å²) in [5.74, 6) is 0.852. The largest absolute Gasteiger partial charge is 0.444 e. The van der Waals surface area contributed by atoms with E-state index in [1.807, 2.05) is 25.7 Å². The van der Waals surface area contributed by atoms with Gasteiger partial charge in [0.05, 0.1) is 6.54 Å². The van der Waals surface area contributed by atoms with Gasteiger partial charge >= 0.3 is 6.09 Å². The van der Waals surface area contributed by atoms with Crippen molar-refractivity contribution in [3.05, 3.63) is 0 Å². The maximum Gasteiger partial charge on any atom is 0.410 e. The van der Waals surface area contributed by atoms with Crippen molar-refractivity contribution in [1.82, 2.24) is 15.5 Å². The predicted octanol–water partition coefficient (Wildman–Crippen LogP) is 2.72. The fourth-order valence-corrected chi connectivity index (χ4v) is 2.14. The number of aliphatic imine (C=N–C) groups is 1. The zero-order valence-corrected chi connectivity index (χ0v) is 17.1. The van der Waals surface area contributed by atoms with Gasteiger partial charge in [-0.3, -0.25) is 4.99 Å². The van der Waals surface area contributed by atoms with Gasteiger partial charge in [-0.2, -0.15) is 0 Å². The molecule has 2 N–H and O–H groups in total. The summed E-state index contributed by atoms with van der Waals surface area (Å²) >= 11 is 0. The van der Waals surface area contributed by atoms with Crippen LogP contribution in [0.4, 0.5) is 4.79 Å². The summed E-state index contributed by atoms with van der Waals surface area (Å²) in [7, 11) is 0. The number of halogens is 1. The van der Waals surface area contributed by atoms with Crippen molar-refractivity contribution >= 4 is 36.0 Å². The van der Waals surface area contributed by atoms with Crippen molar-refractivity contribution in [1.29, 1.82) is 0 Å². The molecule has 134 valence electrons. The van der Waals surface area contributed by atoms with Gasteiger partial charge < -0.3 is 20.3 Å². The van der Waals surface area contributed by atoms with Crippen LogP contribution < -0.4 is 10.6 Å². The van der Waals surface area contributed by atoms with E-state index in [9.17, 15) is 4.79 Å². The van der Waals surface area contributed by atoms with Crippen LogP contribution in [-0.2, 0) is 4.74 Å². The summed E-state index contributed by atoms with van der Waals surface area (Å²) in [6.45, 7) is 9.81. The quantitative estimate of drug-likeness (QED) is 0.380. The molecule has 0 spiro atoms. The minimum absolute atomic E-state index is 0. The Morgan fingerprint density at radius 3 is 2.39 bits per heavy atom. The third-order valence-corrected chi connectivity index (χ3v) is 3.49. The highest BCUT2D eigenvalue weighted by Crippen LogP contribution is 2.28. The molecule has 2 aliphatic carbocycles. The molecule has 0 atom stereocenters. The third-order valence-electron chi connectivity index (χ3n) is 3.49. The Bertz CT molecular complexity index is 415. The molecule has 0 radical (unpaired) electrons. The highest BCUT2D eigenvalue weighted by molar-refractivity contribution is 14.0. The van der Waals surface area contributed by atoms with Crippen LogP contribution >= 0.6 is 24.0 Å². The fourth-order valence-electron chi connectivity index (χ4n) is 2.14. The summed E-state index contributed by atoms with van der Waals surface area (Å²) in [4.78, 5) is 18.6. The third kappa shape index (κ3) is 8.08. The Morgan fingerprint density at radius 2 is 1.91 bits per heavy atom. The highest BCUT2D eigenvalue weighted by atomic mass is 127. The first kappa shape index (κ1) is 20.3. The molecule has 0 unspecified atom stereocenters. The number of hydrogen-bond acceptors (Lipinski definition) is 3. The molecule has 7 heteroatoms. The fraction of sp³-hybridized carbons (Fsp3) is 0.875. The van der Waals surface area contributed by atoms with E-state index in [0.29, 0.717) is 25.2 Å². The highest BCUT2D eigenvalue weighted by Gasteiger charge is 2.34. The number of nitrogens with zero attached hydrogens (tertiary/aromatic N) is 2. The van der Waals surface area contributed by atoms with Gasteiger partial charge in [-0.15, -0.1) is 24.0 Å². The lowest BCUT2D eigenvalue weighted by atomic mass is 10.2. The number of ether oxygens (including phenoxy) is 1. The van der Waals surface area contributed by atoms with Crippen LogP contribution in [-0.4, -0.2) is 54.3 Å². The Morgan fingerprint density at radius 1 is 1.26 bits per heavy atom. The van der Waals surface area contributed by atoms with Gasteiger partial charge in [0.15, 0.2) is 5.96 Å². The summed E-state index contributed by atoms with van der Waals surface area (Å²) < 4.78 is 5.49. The average Bonchev–Trinajstić information content (AvgIpc) is 3.25. The molecule has 6 nitrogen and oxygen atoms in total. The first-order chi connectivity index (χ1) is 10.4. The predicted molar refractivity (Wildman–Crippen MR) is 104 cm³/mol. The van der Waals surface area contributed by atoms with E-state index in [1.165, 1.54) is 12.8 Å². The number of nitrogens with one attached hydrogen (secondary N) is 2. The zero-order chi connectivity index (χ0) is 16.2. The molecule has 0 saturated heterocycles. The second kappa shape index (κ2) is 8.94. The summed E-state index contributed by atoms with van der Waals surface area (Å²) in [6.07, 6.45) is 4.37. The zero-order valence-electron chi connectivity index (χ0n) is 14.7. The number of rotatable bonds is 6. The van der Waals surface area contributed by atoms with Crippen LogP contribution in [0.3, 0.4) is 0 Å². The van der Waals surface area contributed by atoms with Crippen LogP contribution in [0.15, 0.2) is 4.99 Å². The first-order valence-electron chi connectivity index (χ1n) is 8.43. The van der Waals surface area contributed by atoms with Gasteiger partial charge in [-0.25, -0.2) is 4.79 Å². The van der Waals surface area contributed by atoms with Crippen molar-refractivity contribution in [3.63, 3.8) is 0 Å². The standard InChI is InChI=1S/C16H30N4O2.HI/c1-5-17-14(19-12-6-7-12)18-10-11-20(13-8-9-13)15(21)22-16(2,3)4;/h12-13H,5-11H2,1-4H3,(H2,17,18,19);1H. The summed E-state index contributed by atoms with van der Waals surface area (Å²) in [5.41, 5.74) is -0.448. The van der Waals surface area contributed by atoms with Crippen LogP contribution in [0, 0.1) is 0 Å². The maximum absolute atomic E-state index is 12.3. The molecule has 0 aromatic heterocycles. The van der Waals surface area contributed by atoms with Gasteiger partial charge in [-0.05, 0) is 53.4 Å². The number of carbonyl (C=O) groups excluding carboxylic acids is 1. The minimum atomic E-state index is -0.448. The Balaban J connectivity index is 0.00000264. The molecule has 0 bridgehead atoms. The lowest BCUT2D eigenvalue weighted by Gasteiger charge is -2.27. The van der Waals surface area contributed by atoms with E-state index in [1.54, 1.807) is 0 Å². The lowest BCUT2D eigenvalue weighted by molar-refractivity contribution is 0.0240. The average molecular weight is 438 g/mol. The van der Waals surface area contributed by atoms with Crippen molar-refractivity contribution in [2.24, 2.45) is 4.99 Å². The van der Waals surface area contributed by atoms with E-state index in [0.717, 1.165) is 25.3 Å².